The molecule has 0 bridgehead atoms. The zero-order chi connectivity index (χ0) is 20.4. The summed E-state index contributed by atoms with van der Waals surface area (Å²) >= 11 is 0. The smallest absolute Gasteiger partial charge is 0.183 e. The maximum absolute atomic E-state index is 14.8. The van der Waals surface area contributed by atoms with Crippen LogP contribution in [0.1, 0.15) is 22.3 Å². The standard InChI is InChI=1S/C22H18F4N2/c1-3-13-10-15(11-14-5-4-6-17(27)19(14)24)20(25)21(26)22(13)28-18-8-7-12(2)9-16(18)23/h3-10,28H,1,11,27H2,2H3. The van der Waals surface area contributed by atoms with E-state index in [9.17, 15) is 17.6 Å². The monoisotopic (exact) mass is 386 g/mol. The van der Waals surface area contributed by atoms with Gasteiger partial charge in [-0.1, -0.05) is 30.9 Å². The molecule has 0 saturated carbocycles. The molecule has 2 nitrogen and oxygen atoms in total. The molecule has 28 heavy (non-hydrogen) atoms. The second-order valence-corrected chi connectivity index (χ2v) is 6.44. The Morgan fingerprint density at radius 2 is 1.71 bits per heavy atom. The molecule has 0 unspecified atom stereocenters. The predicted octanol–water partition coefficient (Wildman–Crippen LogP) is 6.11. The Bertz CT molecular complexity index is 1060. The molecule has 144 valence electrons. The van der Waals surface area contributed by atoms with E-state index in [2.05, 4.69) is 11.9 Å². The van der Waals surface area contributed by atoms with E-state index in [4.69, 9.17) is 5.73 Å². The maximum Gasteiger partial charge on any atom is 0.183 e. The number of nitrogens with one attached hydrogen (secondary N) is 1. The highest BCUT2D eigenvalue weighted by Gasteiger charge is 2.20. The summed E-state index contributed by atoms with van der Waals surface area (Å²) in [4.78, 5) is 0. The first-order chi connectivity index (χ1) is 13.3. The van der Waals surface area contributed by atoms with Gasteiger partial charge in [0.15, 0.2) is 11.6 Å². The SMILES string of the molecule is C=Cc1cc(Cc2cccc(N)c2F)c(F)c(F)c1Nc1ccc(C)cc1F. The molecule has 0 spiro atoms. The average Bonchev–Trinajstić information content (AvgIpc) is 2.66. The molecule has 3 rings (SSSR count). The fourth-order valence-corrected chi connectivity index (χ4v) is 2.91. The number of aryl methyl sites for hydroxylation is 1. The Morgan fingerprint density at radius 3 is 2.39 bits per heavy atom. The maximum atomic E-state index is 14.8. The molecule has 0 fully saturated rings. The van der Waals surface area contributed by atoms with Crippen LogP contribution >= 0.6 is 0 Å². The van der Waals surface area contributed by atoms with E-state index >= 15 is 0 Å². The van der Waals surface area contributed by atoms with E-state index in [-0.39, 0.29) is 40.2 Å². The average molecular weight is 386 g/mol. The van der Waals surface area contributed by atoms with Gasteiger partial charge in [-0.05, 0) is 47.9 Å². The van der Waals surface area contributed by atoms with Gasteiger partial charge in [0.2, 0.25) is 0 Å². The van der Waals surface area contributed by atoms with Crippen molar-refractivity contribution in [1.29, 1.82) is 0 Å². The zero-order valence-corrected chi connectivity index (χ0v) is 15.1. The van der Waals surface area contributed by atoms with Gasteiger partial charge in [0.25, 0.3) is 0 Å². The lowest BCUT2D eigenvalue weighted by Crippen LogP contribution is -2.06. The number of anilines is 3. The number of nitrogen functional groups attached to an aromatic ring is 1. The van der Waals surface area contributed by atoms with E-state index in [1.54, 1.807) is 13.0 Å². The van der Waals surface area contributed by atoms with Crippen LogP contribution in [0.25, 0.3) is 6.08 Å². The van der Waals surface area contributed by atoms with E-state index in [0.717, 1.165) is 0 Å². The summed E-state index contributed by atoms with van der Waals surface area (Å²) in [5.74, 6) is -3.62. The summed E-state index contributed by atoms with van der Waals surface area (Å²) in [7, 11) is 0. The molecule has 3 aromatic carbocycles. The second kappa shape index (κ2) is 7.76. The molecular formula is C22H18F4N2. The van der Waals surface area contributed by atoms with Crippen LogP contribution in [0.4, 0.5) is 34.6 Å². The molecule has 0 radical (unpaired) electrons. The lowest BCUT2D eigenvalue weighted by atomic mass is 9.99. The van der Waals surface area contributed by atoms with Crippen molar-refractivity contribution in [2.45, 2.75) is 13.3 Å². The van der Waals surface area contributed by atoms with Crippen LogP contribution in [0.5, 0.6) is 0 Å². The van der Waals surface area contributed by atoms with Crippen LogP contribution in [-0.2, 0) is 6.42 Å². The molecule has 0 aromatic heterocycles. The minimum absolute atomic E-state index is 0.00151. The molecular weight excluding hydrogens is 368 g/mol. The van der Waals surface area contributed by atoms with Crippen LogP contribution in [0.3, 0.4) is 0 Å². The van der Waals surface area contributed by atoms with Crippen molar-refractivity contribution in [3.8, 4) is 0 Å². The molecule has 6 heteroatoms. The molecule has 0 aliphatic heterocycles. The van der Waals surface area contributed by atoms with Crippen LogP contribution in [0.15, 0.2) is 49.0 Å². The Hall–Kier alpha value is -3.28. The lowest BCUT2D eigenvalue weighted by Gasteiger charge is -2.15. The number of nitrogens with two attached hydrogens (primary N) is 1. The molecule has 0 atom stereocenters. The predicted molar refractivity (Wildman–Crippen MR) is 104 cm³/mol. The van der Waals surface area contributed by atoms with Crippen LogP contribution < -0.4 is 11.1 Å². The Kier molecular flexibility index (Phi) is 5.40. The first-order valence-electron chi connectivity index (χ1n) is 8.51. The van der Waals surface area contributed by atoms with Crippen molar-refractivity contribution in [3.63, 3.8) is 0 Å². The van der Waals surface area contributed by atoms with E-state index in [1.807, 2.05) is 0 Å². The molecule has 3 aromatic rings. The quantitative estimate of drug-likeness (QED) is 0.410. The highest BCUT2D eigenvalue weighted by atomic mass is 19.2. The van der Waals surface area contributed by atoms with Crippen molar-refractivity contribution >= 4 is 23.1 Å². The summed E-state index contributed by atoms with van der Waals surface area (Å²) < 4.78 is 57.7. The molecule has 0 heterocycles. The van der Waals surface area contributed by atoms with Gasteiger partial charge in [-0.2, -0.15) is 0 Å². The normalized spacial score (nSPS) is 10.8. The molecule has 0 amide bonds. The van der Waals surface area contributed by atoms with Crippen LogP contribution in [-0.4, -0.2) is 0 Å². The van der Waals surface area contributed by atoms with Gasteiger partial charge in [-0.25, -0.2) is 17.6 Å². The van der Waals surface area contributed by atoms with Crippen LogP contribution in [0.2, 0.25) is 0 Å². The van der Waals surface area contributed by atoms with Gasteiger partial charge >= 0.3 is 0 Å². The van der Waals surface area contributed by atoms with Gasteiger partial charge < -0.3 is 11.1 Å². The lowest BCUT2D eigenvalue weighted by molar-refractivity contribution is 0.502. The van der Waals surface area contributed by atoms with Crippen LogP contribution in [0, 0.1) is 30.2 Å². The van der Waals surface area contributed by atoms with E-state index < -0.39 is 23.3 Å². The minimum Gasteiger partial charge on any atom is -0.396 e. The van der Waals surface area contributed by atoms with Gasteiger partial charge in [0.1, 0.15) is 11.6 Å². The molecule has 0 aliphatic carbocycles. The number of rotatable bonds is 5. The largest absolute Gasteiger partial charge is 0.396 e. The van der Waals surface area contributed by atoms with Crippen molar-refractivity contribution in [2.24, 2.45) is 0 Å². The summed E-state index contributed by atoms with van der Waals surface area (Å²) in [5.41, 5.74) is 6.20. The molecule has 0 aliphatic rings. The topological polar surface area (TPSA) is 38.0 Å². The number of hydrogen-bond acceptors (Lipinski definition) is 2. The van der Waals surface area contributed by atoms with Gasteiger partial charge in [0, 0.05) is 12.0 Å². The number of halogens is 4. The third-order valence-corrected chi connectivity index (χ3v) is 4.41. The fraction of sp³-hybridized carbons (Fsp3) is 0.0909. The van der Waals surface area contributed by atoms with Crippen molar-refractivity contribution in [1.82, 2.24) is 0 Å². The summed E-state index contributed by atoms with van der Waals surface area (Å²) in [6.07, 6.45) is 1.12. The van der Waals surface area contributed by atoms with Gasteiger partial charge in [-0.3, -0.25) is 0 Å². The van der Waals surface area contributed by atoms with Crippen molar-refractivity contribution < 1.29 is 17.6 Å². The fourth-order valence-electron chi connectivity index (χ4n) is 2.91. The second-order valence-electron chi connectivity index (χ2n) is 6.44. The third-order valence-electron chi connectivity index (χ3n) is 4.41. The molecule has 3 N–H and O–H groups in total. The van der Waals surface area contributed by atoms with Gasteiger partial charge in [-0.15, -0.1) is 0 Å². The Morgan fingerprint density at radius 1 is 0.964 bits per heavy atom. The van der Waals surface area contributed by atoms with E-state index in [0.29, 0.717) is 5.56 Å². The summed E-state index contributed by atoms with van der Waals surface area (Å²) in [6, 6.07) is 10.1. The summed E-state index contributed by atoms with van der Waals surface area (Å²) in [5, 5.41) is 2.58. The van der Waals surface area contributed by atoms with Gasteiger partial charge in [0.05, 0.1) is 17.1 Å². The number of hydrogen-bond donors (Lipinski definition) is 2. The first-order valence-corrected chi connectivity index (χ1v) is 8.51. The zero-order valence-electron chi connectivity index (χ0n) is 15.1. The number of benzene rings is 3. The summed E-state index contributed by atoms with van der Waals surface area (Å²) in [6.45, 7) is 5.32. The van der Waals surface area contributed by atoms with Crippen molar-refractivity contribution in [2.75, 3.05) is 11.1 Å². The molecule has 0 saturated heterocycles. The third kappa shape index (κ3) is 3.71. The minimum atomic E-state index is -1.20. The van der Waals surface area contributed by atoms with E-state index in [1.165, 1.54) is 42.5 Å². The Labute approximate surface area is 160 Å². The highest BCUT2D eigenvalue weighted by Crippen LogP contribution is 2.32. The Balaban J connectivity index is 2.03. The first kappa shape index (κ1) is 19.5. The van der Waals surface area contributed by atoms with Crippen molar-refractivity contribution in [3.05, 3.63) is 94.6 Å². The highest BCUT2D eigenvalue weighted by molar-refractivity contribution is 5.73.